The molecule has 122 valence electrons. The van der Waals surface area contributed by atoms with Gasteiger partial charge >= 0.3 is 0 Å². The Kier molecular flexibility index (Phi) is 5.40. The van der Waals surface area contributed by atoms with Gasteiger partial charge in [0.25, 0.3) is 5.91 Å². The van der Waals surface area contributed by atoms with Gasteiger partial charge in [-0.1, -0.05) is 30.3 Å². The lowest BCUT2D eigenvalue weighted by molar-refractivity contribution is -0.133. The SMILES string of the molecule is COC(C)(C)C(=O)Nc1ccc(N[C@H](C)c2ccccc2)cc1. The van der Waals surface area contributed by atoms with E-state index in [1.807, 2.05) is 42.5 Å². The molecular formula is C19H24N2O2. The van der Waals surface area contributed by atoms with Gasteiger partial charge < -0.3 is 15.4 Å². The van der Waals surface area contributed by atoms with Gasteiger partial charge in [-0.25, -0.2) is 0 Å². The molecule has 0 aliphatic heterocycles. The number of carbonyl (C=O) groups is 1. The monoisotopic (exact) mass is 312 g/mol. The number of benzene rings is 2. The van der Waals surface area contributed by atoms with Gasteiger partial charge in [-0.05, 0) is 50.6 Å². The van der Waals surface area contributed by atoms with Crippen molar-refractivity contribution in [2.24, 2.45) is 0 Å². The van der Waals surface area contributed by atoms with Crippen LogP contribution in [0.4, 0.5) is 11.4 Å². The highest BCUT2D eigenvalue weighted by atomic mass is 16.5. The molecule has 2 N–H and O–H groups in total. The van der Waals surface area contributed by atoms with Crippen molar-refractivity contribution in [3.05, 3.63) is 60.2 Å². The van der Waals surface area contributed by atoms with Crippen molar-refractivity contribution in [3.63, 3.8) is 0 Å². The Balaban J connectivity index is 1.98. The number of methoxy groups -OCH3 is 1. The lowest BCUT2D eigenvalue weighted by Gasteiger charge is -2.22. The van der Waals surface area contributed by atoms with Gasteiger partial charge in [0.1, 0.15) is 5.60 Å². The fourth-order valence-corrected chi connectivity index (χ4v) is 2.10. The second kappa shape index (κ2) is 7.29. The minimum atomic E-state index is -0.848. The van der Waals surface area contributed by atoms with E-state index in [0.29, 0.717) is 0 Å². The summed E-state index contributed by atoms with van der Waals surface area (Å²) >= 11 is 0. The molecular weight excluding hydrogens is 288 g/mol. The van der Waals surface area contributed by atoms with Crippen LogP contribution in [0.1, 0.15) is 32.4 Å². The third-order valence-corrected chi connectivity index (χ3v) is 3.88. The third-order valence-electron chi connectivity index (χ3n) is 3.88. The Morgan fingerprint density at radius 1 is 1.00 bits per heavy atom. The summed E-state index contributed by atoms with van der Waals surface area (Å²) < 4.78 is 5.17. The van der Waals surface area contributed by atoms with Crippen LogP contribution in [0.15, 0.2) is 54.6 Å². The van der Waals surface area contributed by atoms with Gasteiger partial charge in [-0.15, -0.1) is 0 Å². The number of amides is 1. The van der Waals surface area contributed by atoms with E-state index in [-0.39, 0.29) is 11.9 Å². The molecule has 0 bridgehead atoms. The first kappa shape index (κ1) is 17.0. The Hall–Kier alpha value is -2.33. The van der Waals surface area contributed by atoms with E-state index >= 15 is 0 Å². The Labute approximate surface area is 137 Å². The van der Waals surface area contributed by atoms with E-state index < -0.39 is 5.60 Å². The average Bonchev–Trinajstić information content (AvgIpc) is 2.57. The molecule has 0 saturated heterocycles. The topological polar surface area (TPSA) is 50.4 Å². The van der Waals surface area contributed by atoms with Gasteiger partial charge in [0, 0.05) is 24.5 Å². The highest BCUT2D eigenvalue weighted by Crippen LogP contribution is 2.21. The van der Waals surface area contributed by atoms with Crippen LogP contribution >= 0.6 is 0 Å². The summed E-state index contributed by atoms with van der Waals surface area (Å²) in [6.45, 7) is 5.59. The molecule has 0 unspecified atom stereocenters. The minimum Gasteiger partial charge on any atom is -0.379 e. The van der Waals surface area contributed by atoms with Crippen molar-refractivity contribution in [2.45, 2.75) is 32.4 Å². The maximum Gasteiger partial charge on any atom is 0.256 e. The van der Waals surface area contributed by atoms with Crippen LogP contribution in [-0.4, -0.2) is 18.6 Å². The zero-order chi connectivity index (χ0) is 16.9. The second-order valence-electron chi connectivity index (χ2n) is 6.02. The predicted molar refractivity (Wildman–Crippen MR) is 94.6 cm³/mol. The average molecular weight is 312 g/mol. The van der Waals surface area contributed by atoms with Gasteiger partial charge in [0.15, 0.2) is 0 Å². The number of hydrogen-bond donors (Lipinski definition) is 2. The zero-order valence-electron chi connectivity index (χ0n) is 14.1. The summed E-state index contributed by atoms with van der Waals surface area (Å²) in [5.41, 5.74) is 2.13. The molecule has 0 aromatic heterocycles. The van der Waals surface area contributed by atoms with Crippen LogP contribution in [0.2, 0.25) is 0 Å². The van der Waals surface area contributed by atoms with E-state index in [0.717, 1.165) is 11.4 Å². The molecule has 0 aliphatic carbocycles. The van der Waals surface area contributed by atoms with Crippen LogP contribution in [0.5, 0.6) is 0 Å². The van der Waals surface area contributed by atoms with Crippen LogP contribution in [-0.2, 0) is 9.53 Å². The van der Waals surface area contributed by atoms with Crippen LogP contribution in [0.3, 0.4) is 0 Å². The summed E-state index contributed by atoms with van der Waals surface area (Å²) in [5.74, 6) is -0.168. The van der Waals surface area contributed by atoms with Gasteiger partial charge in [0.2, 0.25) is 0 Å². The van der Waals surface area contributed by atoms with Crippen molar-refractivity contribution in [2.75, 3.05) is 17.7 Å². The fourth-order valence-electron chi connectivity index (χ4n) is 2.10. The van der Waals surface area contributed by atoms with E-state index in [2.05, 4.69) is 29.7 Å². The van der Waals surface area contributed by atoms with Crippen molar-refractivity contribution in [1.82, 2.24) is 0 Å². The molecule has 1 atom stereocenters. The molecule has 2 aromatic carbocycles. The third kappa shape index (κ3) is 4.57. The maximum atomic E-state index is 12.1. The number of nitrogens with one attached hydrogen (secondary N) is 2. The largest absolute Gasteiger partial charge is 0.379 e. The van der Waals surface area contributed by atoms with Crippen LogP contribution < -0.4 is 10.6 Å². The molecule has 4 nitrogen and oxygen atoms in total. The van der Waals surface area contributed by atoms with E-state index in [1.54, 1.807) is 13.8 Å². The normalized spacial score (nSPS) is 12.5. The highest BCUT2D eigenvalue weighted by molar-refractivity contribution is 5.96. The molecule has 0 saturated carbocycles. The molecule has 0 fully saturated rings. The first-order chi connectivity index (χ1) is 10.9. The minimum absolute atomic E-state index is 0.168. The molecule has 2 aromatic rings. The van der Waals surface area contributed by atoms with Crippen LogP contribution in [0, 0.1) is 0 Å². The lowest BCUT2D eigenvalue weighted by Crippen LogP contribution is -2.38. The molecule has 0 heterocycles. The summed E-state index contributed by atoms with van der Waals surface area (Å²) in [6.07, 6.45) is 0. The summed E-state index contributed by atoms with van der Waals surface area (Å²) in [4.78, 5) is 12.1. The summed E-state index contributed by atoms with van der Waals surface area (Å²) in [7, 11) is 1.53. The van der Waals surface area contributed by atoms with Gasteiger partial charge in [0.05, 0.1) is 0 Å². The number of anilines is 2. The van der Waals surface area contributed by atoms with E-state index in [9.17, 15) is 4.79 Å². The van der Waals surface area contributed by atoms with Gasteiger partial charge in [-0.3, -0.25) is 4.79 Å². The molecule has 0 spiro atoms. The molecule has 0 radical (unpaired) electrons. The predicted octanol–water partition coefficient (Wildman–Crippen LogP) is 4.22. The zero-order valence-corrected chi connectivity index (χ0v) is 14.1. The summed E-state index contributed by atoms with van der Waals surface area (Å²) in [6, 6.07) is 18.1. The smallest absolute Gasteiger partial charge is 0.256 e. The van der Waals surface area contributed by atoms with E-state index in [4.69, 9.17) is 4.74 Å². The molecule has 0 aliphatic rings. The molecule has 4 heteroatoms. The van der Waals surface area contributed by atoms with E-state index in [1.165, 1.54) is 12.7 Å². The Morgan fingerprint density at radius 3 is 2.13 bits per heavy atom. The highest BCUT2D eigenvalue weighted by Gasteiger charge is 2.26. The number of carbonyl (C=O) groups excluding carboxylic acids is 1. The number of ether oxygens (including phenoxy) is 1. The van der Waals surface area contributed by atoms with Crippen molar-refractivity contribution in [1.29, 1.82) is 0 Å². The quantitative estimate of drug-likeness (QED) is 0.839. The Bertz CT molecular complexity index is 636. The Morgan fingerprint density at radius 2 is 1.57 bits per heavy atom. The molecule has 23 heavy (non-hydrogen) atoms. The van der Waals surface area contributed by atoms with Gasteiger partial charge in [-0.2, -0.15) is 0 Å². The molecule has 2 rings (SSSR count). The van der Waals surface area contributed by atoms with Crippen molar-refractivity contribution in [3.8, 4) is 0 Å². The molecule has 1 amide bonds. The number of hydrogen-bond acceptors (Lipinski definition) is 3. The summed E-state index contributed by atoms with van der Waals surface area (Å²) in [5, 5.41) is 6.30. The van der Waals surface area contributed by atoms with Crippen LogP contribution in [0.25, 0.3) is 0 Å². The second-order valence-corrected chi connectivity index (χ2v) is 6.02. The van der Waals surface area contributed by atoms with Crippen molar-refractivity contribution >= 4 is 17.3 Å². The fraction of sp³-hybridized carbons (Fsp3) is 0.316. The standard InChI is InChI=1S/C19H24N2O2/c1-14(15-8-6-5-7-9-15)20-16-10-12-17(13-11-16)21-18(22)19(2,3)23-4/h5-14,20H,1-4H3,(H,21,22)/t14-/m1/s1. The number of rotatable bonds is 6. The lowest BCUT2D eigenvalue weighted by atomic mass is 10.1. The first-order valence-corrected chi connectivity index (χ1v) is 7.70. The van der Waals surface area contributed by atoms with Crippen molar-refractivity contribution < 1.29 is 9.53 Å². The first-order valence-electron chi connectivity index (χ1n) is 7.70. The maximum absolute atomic E-state index is 12.1.